The summed E-state index contributed by atoms with van der Waals surface area (Å²) in [6, 6.07) is 10.0. The van der Waals surface area contributed by atoms with Gasteiger partial charge in [-0.2, -0.15) is 0 Å². The van der Waals surface area contributed by atoms with Crippen molar-refractivity contribution in [1.29, 1.82) is 0 Å². The maximum absolute atomic E-state index is 13.4. The summed E-state index contributed by atoms with van der Waals surface area (Å²) in [6.45, 7) is -0.701. The Hall–Kier alpha value is -1.30. The van der Waals surface area contributed by atoms with E-state index in [0.29, 0.717) is 10.0 Å². The van der Waals surface area contributed by atoms with Gasteiger partial charge in [-0.05, 0) is 41.8 Å². The molecule has 0 atom stereocenters. The topological polar surface area (TPSA) is 40.5 Å². The molecule has 0 fully saturated rings. The molecule has 0 bridgehead atoms. The minimum atomic E-state index is -1.03. The Bertz CT molecular complexity index is 627. The second-order valence-electron chi connectivity index (χ2n) is 5.02. The summed E-state index contributed by atoms with van der Waals surface area (Å²) in [5, 5.41) is 19.5. The van der Waals surface area contributed by atoms with E-state index in [2.05, 4.69) is 15.9 Å². The zero-order valence-corrected chi connectivity index (χ0v) is 12.8. The normalized spacial score (nSPS) is 11.7. The summed E-state index contributed by atoms with van der Waals surface area (Å²) in [5.74, 6) is -0.813. The molecule has 0 saturated heterocycles. The molecule has 5 heteroatoms. The number of hydrogen-bond donors (Lipinski definition) is 2. The molecule has 2 nitrogen and oxygen atoms in total. The van der Waals surface area contributed by atoms with E-state index in [1.165, 1.54) is 30.3 Å². The number of benzene rings is 2. The molecule has 0 aliphatic heterocycles. The van der Waals surface area contributed by atoms with Crippen molar-refractivity contribution in [3.8, 4) is 0 Å². The van der Waals surface area contributed by atoms with Crippen molar-refractivity contribution < 1.29 is 19.0 Å². The molecule has 0 aliphatic carbocycles. The van der Waals surface area contributed by atoms with Gasteiger partial charge in [-0.1, -0.05) is 34.1 Å². The largest absolute Gasteiger partial charge is 0.395 e. The van der Waals surface area contributed by atoms with Crippen molar-refractivity contribution in [2.75, 3.05) is 13.2 Å². The second kappa shape index (κ2) is 6.64. The molecule has 2 rings (SSSR count). The van der Waals surface area contributed by atoms with Crippen LogP contribution in [0.5, 0.6) is 0 Å². The molecule has 0 spiro atoms. The lowest BCUT2D eigenvalue weighted by atomic mass is 9.77. The van der Waals surface area contributed by atoms with Crippen molar-refractivity contribution in [2.45, 2.75) is 11.8 Å². The third-order valence-corrected chi connectivity index (χ3v) is 4.32. The van der Waals surface area contributed by atoms with Gasteiger partial charge in [-0.15, -0.1) is 0 Å². The van der Waals surface area contributed by atoms with E-state index in [-0.39, 0.29) is 25.5 Å². The average Bonchev–Trinajstić information content (AvgIpc) is 2.47. The highest BCUT2D eigenvalue weighted by molar-refractivity contribution is 9.10. The van der Waals surface area contributed by atoms with Crippen LogP contribution in [0.1, 0.15) is 11.1 Å². The first kappa shape index (κ1) is 16.1. The van der Waals surface area contributed by atoms with Crippen molar-refractivity contribution in [3.63, 3.8) is 0 Å². The van der Waals surface area contributed by atoms with Gasteiger partial charge in [0.05, 0.1) is 13.2 Å². The van der Waals surface area contributed by atoms with Crippen LogP contribution in [-0.2, 0) is 11.8 Å². The van der Waals surface area contributed by atoms with E-state index in [9.17, 15) is 19.0 Å². The van der Waals surface area contributed by atoms with Crippen LogP contribution in [0.2, 0.25) is 0 Å². The molecule has 0 aliphatic rings. The lowest BCUT2D eigenvalue weighted by molar-refractivity contribution is 0.116. The molecule has 0 saturated carbocycles. The first-order valence-corrected chi connectivity index (χ1v) is 7.22. The first-order chi connectivity index (χ1) is 10.0. The third kappa shape index (κ3) is 3.48. The van der Waals surface area contributed by atoms with Crippen LogP contribution in [0.25, 0.3) is 0 Å². The number of rotatable bonds is 5. The van der Waals surface area contributed by atoms with Gasteiger partial charge in [0.1, 0.15) is 11.6 Å². The molecule has 0 aromatic heterocycles. The van der Waals surface area contributed by atoms with Crippen molar-refractivity contribution in [3.05, 3.63) is 69.7 Å². The van der Waals surface area contributed by atoms with Crippen LogP contribution >= 0.6 is 15.9 Å². The Morgan fingerprint density at radius 3 is 2.19 bits per heavy atom. The SMILES string of the molecule is OCC(CO)(Cc1ccc(F)cc1Br)c1cccc(F)c1. The number of aliphatic hydroxyl groups excluding tert-OH is 2. The average molecular weight is 357 g/mol. The predicted octanol–water partition coefficient (Wildman–Crippen LogP) is 3.19. The molecule has 21 heavy (non-hydrogen) atoms. The van der Waals surface area contributed by atoms with E-state index in [1.807, 2.05) is 0 Å². The van der Waals surface area contributed by atoms with Gasteiger partial charge in [-0.3, -0.25) is 0 Å². The van der Waals surface area contributed by atoms with Crippen LogP contribution in [0.3, 0.4) is 0 Å². The number of halogens is 3. The highest BCUT2D eigenvalue weighted by Gasteiger charge is 2.32. The van der Waals surface area contributed by atoms with Crippen LogP contribution in [0, 0.1) is 11.6 Å². The van der Waals surface area contributed by atoms with Gasteiger partial charge in [0.15, 0.2) is 0 Å². The van der Waals surface area contributed by atoms with Crippen molar-refractivity contribution >= 4 is 15.9 Å². The smallest absolute Gasteiger partial charge is 0.124 e. The second-order valence-corrected chi connectivity index (χ2v) is 5.87. The Morgan fingerprint density at radius 1 is 0.952 bits per heavy atom. The molecular formula is C16H15BrF2O2. The minimum Gasteiger partial charge on any atom is -0.395 e. The highest BCUT2D eigenvalue weighted by Crippen LogP contribution is 2.31. The molecule has 0 unspecified atom stereocenters. The van der Waals surface area contributed by atoms with E-state index in [0.717, 1.165) is 5.56 Å². The molecule has 0 amide bonds. The summed E-state index contributed by atoms with van der Waals surface area (Å²) in [4.78, 5) is 0. The minimum absolute atomic E-state index is 0.254. The van der Waals surface area contributed by atoms with Crippen LogP contribution in [0.15, 0.2) is 46.9 Å². The lowest BCUT2D eigenvalue weighted by Crippen LogP contribution is -2.37. The fourth-order valence-electron chi connectivity index (χ4n) is 2.29. The van der Waals surface area contributed by atoms with Gasteiger partial charge in [0, 0.05) is 9.89 Å². The standard InChI is InChI=1S/C16H15BrF2O2/c17-15-7-14(19)5-4-11(15)8-16(9-20,10-21)12-2-1-3-13(18)6-12/h1-7,20-21H,8-10H2. The van der Waals surface area contributed by atoms with Gasteiger partial charge in [0.2, 0.25) is 0 Å². The van der Waals surface area contributed by atoms with Crippen LogP contribution in [0.4, 0.5) is 8.78 Å². The summed E-state index contributed by atoms with van der Waals surface area (Å²) in [6.07, 6.45) is 0.254. The molecule has 112 valence electrons. The van der Waals surface area contributed by atoms with Crippen LogP contribution < -0.4 is 0 Å². The van der Waals surface area contributed by atoms with Crippen molar-refractivity contribution in [1.82, 2.24) is 0 Å². The monoisotopic (exact) mass is 356 g/mol. The molecule has 2 aromatic rings. The Morgan fingerprint density at radius 2 is 1.62 bits per heavy atom. The van der Waals surface area contributed by atoms with Crippen molar-refractivity contribution in [2.24, 2.45) is 0 Å². The Balaban J connectivity index is 2.43. The maximum atomic E-state index is 13.4. The fourth-order valence-corrected chi connectivity index (χ4v) is 2.79. The van der Waals surface area contributed by atoms with Gasteiger partial charge in [-0.25, -0.2) is 8.78 Å². The van der Waals surface area contributed by atoms with E-state index in [1.54, 1.807) is 12.1 Å². The zero-order chi connectivity index (χ0) is 15.5. The highest BCUT2D eigenvalue weighted by atomic mass is 79.9. The molecule has 0 heterocycles. The van der Waals surface area contributed by atoms with E-state index in [4.69, 9.17) is 0 Å². The number of hydrogen-bond acceptors (Lipinski definition) is 2. The fraction of sp³-hybridized carbons (Fsp3) is 0.250. The summed E-state index contributed by atoms with van der Waals surface area (Å²) >= 11 is 3.27. The summed E-state index contributed by atoms with van der Waals surface area (Å²) < 4.78 is 27.1. The molecule has 0 radical (unpaired) electrons. The van der Waals surface area contributed by atoms with Gasteiger partial charge < -0.3 is 10.2 Å². The van der Waals surface area contributed by atoms with E-state index >= 15 is 0 Å². The maximum Gasteiger partial charge on any atom is 0.124 e. The zero-order valence-electron chi connectivity index (χ0n) is 11.2. The third-order valence-electron chi connectivity index (χ3n) is 3.59. The molecule has 2 N–H and O–H groups in total. The number of aliphatic hydroxyl groups is 2. The first-order valence-electron chi connectivity index (χ1n) is 6.42. The van der Waals surface area contributed by atoms with Crippen LogP contribution in [-0.4, -0.2) is 23.4 Å². The predicted molar refractivity (Wildman–Crippen MR) is 80.1 cm³/mol. The van der Waals surface area contributed by atoms with E-state index < -0.39 is 11.2 Å². The van der Waals surface area contributed by atoms with Gasteiger partial charge in [0.25, 0.3) is 0 Å². The summed E-state index contributed by atoms with van der Waals surface area (Å²) in [7, 11) is 0. The molecule has 2 aromatic carbocycles. The van der Waals surface area contributed by atoms with Gasteiger partial charge >= 0.3 is 0 Å². The quantitative estimate of drug-likeness (QED) is 0.863. The Labute approximate surface area is 130 Å². The Kier molecular flexibility index (Phi) is 5.08. The summed E-state index contributed by atoms with van der Waals surface area (Å²) in [5.41, 5.74) is 0.204. The lowest BCUT2D eigenvalue weighted by Gasteiger charge is -2.31. The molecular weight excluding hydrogens is 342 g/mol.